The minimum Gasteiger partial charge on any atom is -0.352 e. The van der Waals surface area contributed by atoms with Crippen LogP contribution in [-0.4, -0.2) is 37.8 Å². The van der Waals surface area contributed by atoms with Gasteiger partial charge in [-0.15, -0.1) is 0 Å². The van der Waals surface area contributed by atoms with Crippen molar-refractivity contribution in [3.63, 3.8) is 0 Å². The summed E-state index contributed by atoms with van der Waals surface area (Å²) in [5, 5.41) is 10.7. The molecule has 1 aromatic heterocycles. The lowest BCUT2D eigenvalue weighted by atomic mass is 10.1. The van der Waals surface area contributed by atoms with E-state index in [2.05, 4.69) is 15.6 Å². The summed E-state index contributed by atoms with van der Waals surface area (Å²) in [6, 6.07) is 9.40. The van der Waals surface area contributed by atoms with Crippen molar-refractivity contribution in [3.05, 3.63) is 59.4 Å². The van der Waals surface area contributed by atoms with Crippen LogP contribution in [0.1, 0.15) is 39.3 Å². The quantitative estimate of drug-likeness (QED) is 0.639. The van der Waals surface area contributed by atoms with Gasteiger partial charge in [-0.2, -0.15) is 0 Å². The summed E-state index contributed by atoms with van der Waals surface area (Å²) in [6.45, 7) is 0.361. The first-order chi connectivity index (χ1) is 12.8. The molecule has 9 heteroatoms. The topological polar surface area (TPSA) is 131 Å². The lowest BCUT2D eigenvalue weighted by molar-refractivity contribution is 0.0946. The first-order valence-electron chi connectivity index (χ1n) is 8.50. The standard InChI is InChI=1S/C18H20N4O4S/c19-27(25,26)15-5-1-12(2-6-15)7-9-21-17(23)13-8-10-20-16(11-13)18(24)22-14-3-4-14/h1-2,5-6,8,10-11,14H,3-4,7,9H2,(H,21,23)(H,22,24)(H2,19,25,26). The van der Waals surface area contributed by atoms with Crippen LogP contribution in [0.2, 0.25) is 0 Å². The lowest BCUT2D eigenvalue weighted by Crippen LogP contribution is -2.28. The summed E-state index contributed by atoms with van der Waals surface area (Å²) in [5.41, 5.74) is 1.44. The molecule has 142 valence electrons. The zero-order valence-corrected chi connectivity index (χ0v) is 15.3. The predicted octanol–water partition coefficient (Wildman–Crippen LogP) is 0.594. The molecule has 1 fully saturated rings. The first kappa shape index (κ1) is 19.0. The van der Waals surface area contributed by atoms with Crippen molar-refractivity contribution < 1.29 is 18.0 Å². The van der Waals surface area contributed by atoms with Gasteiger partial charge in [0.25, 0.3) is 11.8 Å². The van der Waals surface area contributed by atoms with Gasteiger partial charge in [-0.25, -0.2) is 13.6 Å². The van der Waals surface area contributed by atoms with Crippen LogP contribution < -0.4 is 15.8 Å². The number of rotatable bonds is 7. The molecule has 1 aliphatic carbocycles. The van der Waals surface area contributed by atoms with Crippen molar-refractivity contribution in [3.8, 4) is 0 Å². The van der Waals surface area contributed by atoms with E-state index in [1.54, 1.807) is 18.2 Å². The molecule has 0 bridgehead atoms. The maximum Gasteiger partial charge on any atom is 0.270 e. The second-order valence-electron chi connectivity index (χ2n) is 6.37. The first-order valence-corrected chi connectivity index (χ1v) is 10.0. The molecule has 0 unspecified atom stereocenters. The Hall–Kier alpha value is -2.78. The average Bonchev–Trinajstić information content (AvgIpc) is 3.45. The molecule has 8 nitrogen and oxygen atoms in total. The number of hydrogen-bond acceptors (Lipinski definition) is 5. The number of nitrogens with one attached hydrogen (secondary N) is 2. The van der Waals surface area contributed by atoms with E-state index in [0.717, 1.165) is 18.4 Å². The molecule has 3 rings (SSSR count). The molecule has 1 aromatic carbocycles. The number of benzene rings is 1. The Bertz CT molecular complexity index is 954. The summed E-state index contributed by atoms with van der Waals surface area (Å²) in [5.74, 6) is -0.582. The number of nitrogens with two attached hydrogens (primary N) is 1. The molecule has 0 saturated heterocycles. The van der Waals surface area contributed by atoms with E-state index < -0.39 is 10.0 Å². The van der Waals surface area contributed by atoms with Gasteiger partial charge in [0.05, 0.1) is 4.90 Å². The second-order valence-corrected chi connectivity index (χ2v) is 7.93. The molecule has 27 heavy (non-hydrogen) atoms. The van der Waals surface area contributed by atoms with Crippen molar-refractivity contribution in [1.29, 1.82) is 0 Å². The molecular weight excluding hydrogens is 368 g/mol. The van der Waals surface area contributed by atoms with Gasteiger partial charge >= 0.3 is 0 Å². The highest BCUT2D eigenvalue weighted by molar-refractivity contribution is 7.89. The zero-order valence-electron chi connectivity index (χ0n) is 14.5. The van der Waals surface area contributed by atoms with E-state index in [0.29, 0.717) is 18.5 Å². The molecule has 2 aromatic rings. The fourth-order valence-electron chi connectivity index (χ4n) is 2.45. The summed E-state index contributed by atoms with van der Waals surface area (Å²) in [7, 11) is -3.71. The number of carbonyl (C=O) groups is 2. The largest absolute Gasteiger partial charge is 0.352 e. The minimum absolute atomic E-state index is 0.0454. The van der Waals surface area contributed by atoms with Gasteiger partial charge in [0.2, 0.25) is 10.0 Å². The zero-order chi connectivity index (χ0) is 19.4. The van der Waals surface area contributed by atoms with Crippen molar-refractivity contribution >= 4 is 21.8 Å². The summed E-state index contributed by atoms with van der Waals surface area (Å²) in [6.07, 6.45) is 3.91. The third-order valence-electron chi connectivity index (χ3n) is 4.12. The molecule has 0 radical (unpaired) electrons. The van der Waals surface area contributed by atoms with E-state index in [1.165, 1.54) is 24.4 Å². The highest BCUT2D eigenvalue weighted by atomic mass is 32.2. The van der Waals surface area contributed by atoms with Gasteiger partial charge in [0.1, 0.15) is 5.69 Å². The lowest BCUT2D eigenvalue weighted by Gasteiger charge is -2.07. The Kier molecular flexibility index (Phi) is 5.52. The molecule has 4 N–H and O–H groups in total. The maximum absolute atomic E-state index is 12.3. The van der Waals surface area contributed by atoms with Crippen molar-refractivity contribution in [2.75, 3.05) is 6.54 Å². The highest BCUT2D eigenvalue weighted by Crippen LogP contribution is 2.19. The van der Waals surface area contributed by atoms with E-state index in [-0.39, 0.29) is 28.4 Å². The molecular formula is C18H20N4O4S. The van der Waals surface area contributed by atoms with Crippen molar-refractivity contribution in [1.82, 2.24) is 15.6 Å². The molecule has 0 atom stereocenters. The van der Waals surface area contributed by atoms with E-state index in [9.17, 15) is 18.0 Å². The Morgan fingerprint density at radius 3 is 2.44 bits per heavy atom. The molecule has 0 aliphatic heterocycles. The molecule has 1 heterocycles. The van der Waals surface area contributed by atoms with Gasteiger partial charge < -0.3 is 10.6 Å². The van der Waals surface area contributed by atoms with E-state index >= 15 is 0 Å². The fraction of sp³-hybridized carbons (Fsp3) is 0.278. The molecule has 2 amide bonds. The van der Waals surface area contributed by atoms with Gasteiger partial charge in [0.15, 0.2) is 0 Å². The third-order valence-corrected chi connectivity index (χ3v) is 5.05. The van der Waals surface area contributed by atoms with Gasteiger partial charge in [-0.3, -0.25) is 14.6 Å². The van der Waals surface area contributed by atoms with Crippen LogP contribution in [0, 0.1) is 0 Å². The SMILES string of the molecule is NS(=O)(=O)c1ccc(CCNC(=O)c2ccnc(C(=O)NC3CC3)c2)cc1. The summed E-state index contributed by atoms with van der Waals surface area (Å²) < 4.78 is 22.5. The van der Waals surface area contributed by atoms with Crippen LogP contribution in [0.4, 0.5) is 0 Å². The van der Waals surface area contributed by atoms with E-state index in [1.807, 2.05) is 0 Å². The number of amides is 2. The Balaban J connectivity index is 1.54. The minimum atomic E-state index is -3.71. The van der Waals surface area contributed by atoms with Crippen LogP contribution in [-0.2, 0) is 16.4 Å². The normalized spacial score (nSPS) is 13.8. The smallest absolute Gasteiger partial charge is 0.270 e. The van der Waals surface area contributed by atoms with E-state index in [4.69, 9.17) is 5.14 Å². The van der Waals surface area contributed by atoms with Gasteiger partial charge in [-0.1, -0.05) is 12.1 Å². The fourth-order valence-corrected chi connectivity index (χ4v) is 2.97. The summed E-state index contributed by atoms with van der Waals surface area (Å²) >= 11 is 0. The summed E-state index contributed by atoms with van der Waals surface area (Å²) in [4.78, 5) is 28.3. The molecule has 0 spiro atoms. The Morgan fingerprint density at radius 1 is 1.11 bits per heavy atom. The Labute approximate surface area is 157 Å². The number of aromatic nitrogens is 1. The van der Waals surface area contributed by atoms with Crippen LogP contribution in [0.3, 0.4) is 0 Å². The second kappa shape index (κ2) is 7.85. The number of hydrogen-bond donors (Lipinski definition) is 3. The number of primary sulfonamides is 1. The van der Waals surface area contributed by atoms with Crippen LogP contribution in [0.15, 0.2) is 47.5 Å². The third kappa shape index (κ3) is 5.35. The van der Waals surface area contributed by atoms with Gasteiger partial charge in [-0.05, 0) is 49.1 Å². The number of nitrogens with zero attached hydrogens (tertiary/aromatic N) is 1. The molecule has 1 aliphatic rings. The number of carbonyl (C=O) groups excluding carboxylic acids is 2. The monoisotopic (exact) mass is 388 g/mol. The average molecular weight is 388 g/mol. The predicted molar refractivity (Wildman–Crippen MR) is 98.6 cm³/mol. The van der Waals surface area contributed by atoms with Crippen molar-refractivity contribution in [2.45, 2.75) is 30.2 Å². The molecule has 1 saturated carbocycles. The van der Waals surface area contributed by atoms with Crippen LogP contribution in [0.25, 0.3) is 0 Å². The number of pyridine rings is 1. The van der Waals surface area contributed by atoms with Crippen LogP contribution >= 0.6 is 0 Å². The maximum atomic E-state index is 12.3. The van der Waals surface area contributed by atoms with Crippen LogP contribution in [0.5, 0.6) is 0 Å². The number of sulfonamides is 1. The van der Waals surface area contributed by atoms with Crippen molar-refractivity contribution in [2.24, 2.45) is 5.14 Å². The Morgan fingerprint density at radius 2 is 1.81 bits per heavy atom. The van der Waals surface area contributed by atoms with Gasteiger partial charge in [0, 0.05) is 24.3 Å². The highest BCUT2D eigenvalue weighted by Gasteiger charge is 2.24.